The fraction of sp³-hybridized carbons (Fsp3) is 0.741. The zero-order chi connectivity index (χ0) is 25.8. The van der Waals surface area contributed by atoms with Crippen molar-refractivity contribution in [3.05, 3.63) is 25.3 Å². The van der Waals surface area contributed by atoms with Gasteiger partial charge in [0.1, 0.15) is 17.6 Å². The second kappa shape index (κ2) is 11.2. The first-order valence-electron chi connectivity index (χ1n) is 13.0. The summed E-state index contributed by atoms with van der Waals surface area (Å²) < 4.78 is 12.3. The molecule has 8 heteroatoms. The molecule has 3 rings (SSSR count). The molecule has 2 unspecified atom stereocenters. The number of hydrogen-bond acceptors (Lipinski definition) is 6. The summed E-state index contributed by atoms with van der Waals surface area (Å²) in [5, 5.41) is 9.17. The third-order valence-corrected chi connectivity index (χ3v) is 8.02. The number of carbonyl (C=O) groups excluding carboxylic acids is 3. The highest BCUT2D eigenvalue weighted by molar-refractivity contribution is 5.98. The Morgan fingerprint density at radius 3 is 2.60 bits per heavy atom. The molecule has 1 spiro atoms. The number of rotatable bonds is 14. The second-order valence-corrected chi connectivity index (χ2v) is 10.3. The number of carbonyl (C=O) groups is 3. The quantitative estimate of drug-likeness (QED) is 0.229. The van der Waals surface area contributed by atoms with E-state index in [4.69, 9.17) is 9.47 Å². The molecule has 2 amide bonds. The first-order valence-corrected chi connectivity index (χ1v) is 13.0. The lowest BCUT2D eigenvalue weighted by Gasteiger charge is -2.38. The third kappa shape index (κ3) is 4.67. The van der Waals surface area contributed by atoms with Crippen molar-refractivity contribution in [2.24, 2.45) is 11.8 Å². The van der Waals surface area contributed by atoms with E-state index in [1.54, 1.807) is 22.0 Å². The predicted molar refractivity (Wildman–Crippen MR) is 132 cm³/mol. The van der Waals surface area contributed by atoms with Gasteiger partial charge in [0.05, 0.1) is 18.1 Å². The van der Waals surface area contributed by atoms with Crippen LogP contribution in [0.3, 0.4) is 0 Å². The molecule has 0 aliphatic carbocycles. The van der Waals surface area contributed by atoms with Crippen LogP contribution >= 0.6 is 0 Å². The summed E-state index contributed by atoms with van der Waals surface area (Å²) in [5.74, 6) is -2.25. The van der Waals surface area contributed by atoms with E-state index in [1.807, 2.05) is 20.8 Å². The molecule has 5 atom stereocenters. The Morgan fingerprint density at radius 2 is 2.00 bits per heavy atom. The molecule has 35 heavy (non-hydrogen) atoms. The maximum absolute atomic E-state index is 14.1. The van der Waals surface area contributed by atoms with Gasteiger partial charge in [-0.05, 0) is 58.8 Å². The Hall–Kier alpha value is -2.19. The van der Waals surface area contributed by atoms with E-state index < -0.39 is 35.0 Å². The molecule has 0 aromatic rings. The Morgan fingerprint density at radius 1 is 1.26 bits per heavy atom. The highest BCUT2D eigenvalue weighted by atomic mass is 16.6. The van der Waals surface area contributed by atoms with Gasteiger partial charge in [0.2, 0.25) is 11.8 Å². The van der Waals surface area contributed by atoms with Crippen molar-refractivity contribution in [2.75, 3.05) is 26.3 Å². The monoisotopic (exact) mass is 490 g/mol. The van der Waals surface area contributed by atoms with Crippen LogP contribution in [0.5, 0.6) is 0 Å². The van der Waals surface area contributed by atoms with E-state index in [0.717, 1.165) is 6.42 Å². The molecule has 8 nitrogen and oxygen atoms in total. The molecule has 3 heterocycles. The summed E-state index contributed by atoms with van der Waals surface area (Å²) in [6.07, 6.45) is 7.68. The minimum Gasteiger partial charge on any atom is -0.465 e. The molecule has 0 aromatic heterocycles. The molecule has 3 fully saturated rings. The van der Waals surface area contributed by atoms with Crippen molar-refractivity contribution in [1.82, 2.24) is 9.80 Å². The van der Waals surface area contributed by atoms with Gasteiger partial charge >= 0.3 is 5.97 Å². The van der Waals surface area contributed by atoms with Crippen LogP contribution in [0.2, 0.25) is 0 Å². The Bertz CT molecular complexity index is 828. The highest BCUT2D eigenvalue weighted by Gasteiger charge is 2.79. The fourth-order valence-electron chi connectivity index (χ4n) is 6.35. The molecule has 3 aliphatic rings. The van der Waals surface area contributed by atoms with Crippen molar-refractivity contribution in [3.8, 4) is 0 Å². The molecule has 0 radical (unpaired) electrons. The lowest BCUT2D eigenvalue weighted by atomic mass is 9.65. The van der Waals surface area contributed by atoms with Crippen LogP contribution in [0.25, 0.3) is 0 Å². The topological polar surface area (TPSA) is 96.4 Å². The zero-order valence-electron chi connectivity index (χ0n) is 21.5. The van der Waals surface area contributed by atoms with Gasteiger partial charge in [0.15, 0.2) is 0 Å². The standard InChI is InChI=1S/C27H42N2O6/c1-6-9-18-34-25(33)21-20-23(31)29(16-11-10-12-17-30)22(24(32)28(15-7-2)19(4)5)27(20)14-13-26(21,8-3)35-27/h6-7,19-22,30H,1-2,8-18H2,3-5H3/t20-,21-,22?,26+,27?/m0/s1. The molecular weight excluding hydrogens is 448 g/mol. The summed E-state index contributed by atoms with van der Waals surface area (Å²) in [7, 11) is 0. The normalized spacial score (nSPS) is 31.1. The molecule has 3 aliphatic heterocycles. The first-order chi connectivity index (χ1) is 16.7. The van der Waals surface area contributed by atoms with Crippen LogP contribution in [0.4, 0.5) is 0 Å². The van der Waals surface area contributed by atoms with Gasteiger partial charge in [-0.15, -0.1) is 13.2 Å². The smallest absolute Gasteiger partial charge is 0.312 e. The number of esters is 1. The lowest BCUT2D eigenvalue weighted by Crippen LogP contribution is -2.57. The first kappa shape index (κ1) is 27.4. The van der Waals surface area contributed by atoms with E-state index in [1.165, 1.54) is 0 Å². The van der Waals surface area contributed by atoms with Gasteiger partial charge in [-0.3, -0.25) is 14.4 Å². The average Bonchev–Trinajstić information content (AvgIpc) is 3.43. The van der Waals surface area contributed by atoms with Gasteiger partial charge in [-0.2, -0.15) is 0 Å². The molecule has 0 saturated carbocycles. The van der Waals surface area contributed by atoms with Crippen molar-refractivity contribution in [1.29, 1.82) is 0 Å². The van der Waals surface area contributed by atoms with Gasteiger partial charge in [-0.25, -0.2) is 0 Å². The number of aliphatic hydroxyl groups excluding tert-OH is 1. The van der Waals surface area contributed by atoms with Crippen LogP contribution in [0.15, 0.2) is 25.3 Å². The summed E-state index contributed by atoms with van der Waals surface area (Å²) in [4.78, 5) is 44.8. The molecule has 0 aromatic carbocycles. The zero-order valence-corrected chi connectivity index (χ0v) is 21.5. The number of unbranched alkanes of at least 4 members (excludes halogenated alkanes) is 2. The van der Waals surface area contributed by atoms with Gasteiger partial charge < -0.3 is 24.4 Å². The summed E-state index contributed by atoms with van der Waals surface area (Å²) in [6, 6.07) is -0.878. The largest absolute Gasteiger partial charge is 0.465 e. The molecule has 196 valence electrons. The molecule has 2 bridgehead atoms. The molecule has 3 saturated heterocycles. The summed E-state index contributed by atoms with van der Waals surface area (Å²) >= 11 is 0. The van der Waals surface area contributed by atoms with Gasteiger partial charge in [0.25, 0.3) is 0 Å². The number of likely N-dealkylation sites (tertiary alicyclic amines) is 1. The van der Waals surface area contributed by atoms with Crippen LogP contribution in [-0.2, 0) is 23.9 Å². The van der Waals surface area contributed by atoms with Crippen LogP contribution in [-0.4, -0.2) is 82.3 Å². The van der Waals surface area contributed by atoms with Crippen molar-refractivity contribution in [3.63, 3.8) is 0 Å². The fourth-order valence-corrected chi connectivity index (χ4v) is 6.35. The second-order valence-electron chi connectivity index (χ2n) is 10.3. The Labute approximate surface area is 209 Å². The summed E-state index contributed by atoms with van der Waals surface area (Å²) in [6.45, 7) is 14.4. The number of amides is 2. The Kier molecular flexibility index (Phi) is 8.81. The van der Waals surface area contributed by atoms with Crippen LogP contribution in [0, 0.1) is 11.8 Å². The van der Waals surface area contributed by atoms with E-state index >= 15 is 0 Å². The molecular formula is C27H42N2O6. The SMILES string of the molecule is C=CCCOC(=O)[C@@H]1[C@H]2C(=O)N(CCCCCO)C(C(=O)N(CC=C)C(C)C)C23CC[C@@]1(CC)O3. The molecule has 1 N–H and O–H groups in total. The Balaban J connectivity index is 2.02. The van der Waals surface area contributed by atoms with E-state index in [-0.39, 0.29) is 31.1 Å². The number of hydrogen-bond donors (Lipinski definition) is 1. The predicted octanol–water partition coefficient (Wildman–Crippen LogP) is 2.85. The van der Waals surface area contributed by atoms with Crippen molar-refractivity contribution < 1.29 is 29.0 Å². The minimum atomic E-state index is -1.04. The summed E-state index contributed by atoms with van der Waals surface area (Å²) in [5.41, 5.74) is -1.84. The average molecular weight is 491 g/mol. The third-order valence-electron chi connectivity index (χ3n) is 8.02. The van der Waals surface area contributed by atoms with Crippen LogP contribution in [0.1, 0.15) is 65.7 Å². The van der Waals surface area contributed by atoms with E-state index in [2.05, 4.69) is 13.2 Å². The van der Waals surface area contributed by atoms with Crippen molar-refractivity contribution >= 4 is 17.8 Å². The minimum absolute atomic E-state index is 0.0827. The number of nitrogens with zero attached hydrogens (tertiary/aromatic N) is 2. The number of ether oxygens (including phenoxy) is 2. The number of fused-ring (bicyclic) bond motifs is 1. The maximum Gasteiger partial charge on any atom is 0.312 e. The lowest BCUT2D eigenvalue weighted by molar-refractivity contribution is -0.162. The van der Waals surface area contributed by atoms with Gasteiger partial charge in [-0.1, -0.05) is 19.1 Å². The van der Waals surface area contributed by atoms with E-state index in [0.29, 0.717) is 51.6 Å². The van der Waals surface area contributed by atoms with Gasteiger partial charge in [0, 0.05) is 25.7 Å². The highest BCUT2D eigenvalue weighted by Crippen LogP contribution is 2.64. The maximum atomic E-state index is 14.1. The number of aliphatic hydroxyl groups is 1. The van der Waals surface area contributed by atoms with Crippen molar-refractivity contribution in [2.45, 2.75) is 89.0 Å². The van der Waals surface area contributed by atoms with E-state index in [9.17, 15) is 19.5 Å². The van der Waals surface area contributed by atoms with Crippen LogP contribution < -0.4 is 0 Å².